The summed E-state index contributed by atoms with van der Waals surface area (Å²) in [5.74, 6) is -0.570. The van der Waals surface area contributed by atoms with Crippen molar-refractivity contribution in [3.05, 3.63) is 59.9 Å². The van der Waals surface area contributed by atoms with Crippen molar-refractivity contribution in [3.8, 4) is 0 Å². The third-order valence-electron chi connectivity index (χ3n) is 4.65. The van der Waals surface area contributed by atoms with Crippen molar-refractivity contribution >= 4 is 17.6 Å². The van der Waals surface area contributed by atoms with E-state index < -0.39 is 5.97 Å². The highest BCUT2D eigenvalue weighted by Crippen LogP contribution is 2.24. The Labute approximate surface area is 159 Å². The van der Waals surface area contributed by atoms with Crippen LogP contribution in [-0.2, 0) is 20.9 Å². The Kier molecular flexibility index (Phi) is 6.41. The van der Waals surface area contributed by atoms with E-state index in [0.29, 0.717) is 6.61 Å². The van der Waals surface area contributed by atoms with Crippen LogP contribution in [0.4, 0.5) is 5.69 Å². The normalized spacial score (nSPS) is 14.6. The molecule has 1 fully saturated rings. The minimum absolute atomic E-state index is 0.0265. The predicted molar refractivity (Wildman–Crippen MR) is 101 cm³/mol. The van der Waals surface area contributed by atoms with E-state index in [1.807, 2.05) is 43.3 Å². The Morgan fingerprint density at radius 1 is 1.07 bits per heavy atom. The van der Waals surface area contributed by atoms with Crippen LogP contribution in [0, 0.1) is 5.92 Å². The number of hydrogen-bond donors (Lipinski definition) is 0. The van der Waals surface area contributed by atoms with Crippen molar-refractivity contribution in [1.29, 1.82) is 0 Å². The fourth-order valence-electron chi connectivity index (χ4n) is 3.12. The molecule has 0 aliphatic carbocycles. The average Bonchev–Trinajstić information content (AvgIpc) is 2.73. The second-order valence-corrected chi connectivity index (χ2v) is 6.48. The van der Waals surface area contributed by atoms with Crippen LogP contribution in [0.25, 0.3) is 0 Å². The molecule has 0 spiro atoms. The van der Waals surface area contributed by atoms with Crippen LogP contribution in [0.5, 0.6) is 0 Å². The summed E-state index contributed by atoms with van der Waals surface area (Å²) in [6.07, 6.45) is 3.21. The lowest BCUT2D eigenvalue weighted by Gasteiger charge is -2.32. The van der Waals surface area contributed by atoms with Gasteiger partial charge in [0, 0.05) is 13.1 Å². The molecule has 2 aromatic rings. The number of pyridine rings is 1. The van der Waals surface area contributed by atoms with Crippen molar-refractivity contribution in [2.24, 2.45) is 5.92 Å². The molecule has 6 nitrogen and oxygen atoms in total. The topological polar surface area (TPSA) is 68.7 Å². The zero-order valence-electron chi connectivity index (χ0n) is 15.5. The van der Waals surface area contributed by atoms with Crippen molar-refractivity contribution in [2.45, 2.75) is 26.4 Å². The van der Waals surface area contributed by atoms with Gasteiger partial charge in [0.25, 0.3) is 0 Å². The Balaban J connectivity index is 1.51. The number of esters is 2. The standard InChI is InChI=1S/C21H24N2O4/c1-2-26-20(24)17-10-12-23(13-11-17)18-8-9-19(22-14-18)21(25)27-15-16-6-4-3-5-7-16/h3-9,14,17H,2,10-13,15H2,1H3. The molecule has 27 heavy (non-hydrogen) atoms. The number of aromatic nitrogens is 1. The van der Waals surface area contributed by atoms with Gasteiger partial charge in [0.05, 0.1) is 24.4 Å². The molecule has 6 heteroatoms. The van der Waals surface area contributed by atoms with Gasteiger partial charge in [0.2, 0.25) is 0 Å². The highest BCUT2D eigenvalue weighted by Gasteiger charge is 2.26. The molecule has 0 saturated carbocycles. The van der Waals surface area contributed by atoms with Gasteiger partial charge in [-0.15, -0.1) is 0 Å². The van der Waals surface area contributed by atoms with Gasteiger partial charge >= 0.3 is 11.9 Å². The maximum absolute atomic E-state index is 12.1. The van der Waals surface area contributed by atoms with E-state index in [1.165, 1.54) is 0 Å². The number of rotatable bonds is 6. The summed E-state index contributed by atoms with van der Waals surface area (Å²) in [5.41, 5.74) is 2.17. The Morgan fingerprint density at radius 3 is 2.44 bits per heavy atom. The van der Waals surface area contributed by atoms with Gasteiger partial charge in [-0.3, -0.25) is 4.79 Å². The summed E-state index contributed by atoms with van der Waals surface area (Å²) in [6.45, 7) is 4.01. The predicted octanol–water partition coefficient (Wildman–Crippen LogP) is 3.22. The lowest BCUT2D eigenvalue weighted by molar-refractivity contribution is -0.148. The molecule has 0 radical (unpaired) electrons. The van der Waals surface area contributed by atoms with Gasteiger partial charge in [0.1, 0.15) is 12.3 Å². The van der Waals surface area contributed by atoms with Crippen molar-refractivity contribution in [2.75, 3.05) is 24.6 Å². The molecular formula is C21H24N2O4. The molecule has 1 saturated heterocycles. The monoisotopic (exact) mass is 368 g/mol. The zero-order chi connectivity index (χ0) is 19.1. The van der Waals surface area contributed by atoms with E-state index in [9.17, 15) is 9.59 Å². The summed E-state index contributed by atoms with van der Waals surface area (Å²) in [7, 11) is 0. The summed E-state index contributed by atoms with van der Waals surface area (Å²) in [5, 5.41) is 0. The van der Waals surface area contributed by atoms with Crippen LogP contribution >= 0.6 is 0 Å². The number of hydrogen-bond acceptors (Lipinski definition) is 6. The maximum Gasteiger partial charge on any atom is 0.357 e. The molecule has 0 amide bonds. The molecule has 0 unspecified atom stereocenters. The summed E-state index contributed by atoms with van der Waals surface area (Å²) in [6, 6.07) is 13.1. The lowest BCUT2D eigenvalue weighted by atomic mass is 9.97. The van der Waals surface area contributed by atoms with Crippen LogP contribution < -0.4 is 4.90 Å². The molecule has 2 heterocycles. The summed E-state index contributed by atoms with van der Waals surface area (Å²) < 4.78 is 10.4. The summed E-state index contributed by atoms with van der Waals surface area (Å²) >= 11 is 0. The summed E-state index contributed by atoms with van der Waals surface area (Å²) in [4.78, 5) is 30.4. The Bertz CT molecular complexity index is 754. The van der Waals surface area contributed by atoms with Crippen LogP contribution in [0.3, 0.4) is 0 Å². The first kappa shape index (κ1) is 18.9. The fraction of sp³-hybridized carbons (Fsp3) is 0.381. The largest absolute Gasteiger partial charge is 0.466 e. The van der Waals surface area contributed by atoms with E-state index in [0.717, 1.165) is 37.2 Å². The third-order valence-corrected chi connectivity index (χ3v) is 4.65. The van der Waals surface area contributed by atoms with Gasteiger partial charge in [-0.1, -0.05) is 30.3 Å². The smallest absolute Gasteiger partial charge is 0.357 e. The quantitative estimate of drug-likeness (QED) is 0.729. The molecule has 1 aliphatic rings. The van der Waals surface area contributed by atoms with Crippen molar-refractivity contribution in [3.63, 3.8) is 0 Å². The fourth-order valence-corrected chi connectivity index (χ4v) is 3.12. The van der Waals surface area contributed by atoms with Crippen molar-refractivity contribution in [1.82, 2.24) is 4.98 Å². The molecule has 0 atom stereocenters. The van der Waals surface area contributed by atoms with E-state index in [1.54, 1.807) is 12.3 Å². The molecule has 1 aromatic heterocycles. The van der Waals surface area contributed by atoms with Gasteiger partial charge in [-0.25, -0.2) is 9.78 Å². The number of benzene rings is 1. The number of nitrogens with zero attached hydrogens (tertiary/aromatic N) is 2. The lowest BCUT2D eigenvalue weighted by Crippen LogP contribution is -2.37. The van der Waals surface area contributed by atoms with Gasteiger partial charge in [-0.05, 0) is 37.5 Å². The molecule has 0 N–H and O–H groups in total. The second-order valence-electron chi connectivity index (χ2n) is 6.48. The number of carbonyl (C=O) groups is 2. The first-order valence-electron chi connectivity index (χ1n) is 9.26. The van der Waals surface area contributed by atoms with Crippen LogP contribution in [0.15, 0.2) is 48.7 Å². The zero-order valence-corrected chi connectivity index (χ0v) is 15.5. The molecular weight excluding hydrogens is 344 g/mol. The van der Waals surface area contributed by atoms with Gasteiger partial charge < -0.3 is 14.4 Å². The molecule has 142 valence electrons. The number of anilines is 1. The van der Waals surface area contributed by atoms with E-state index in [2.05, 4.69) is 9.88 Å². The molecule has 1 aliphatic heterocycles. The Hall–Kier alpha value is -2.89. The molecule has 1 aromatic carbocycles. The van der Waals surface area contributed by atoms with Crippen molar-refractivity contribution < 1.29 is 19.1 Å². The molecule has 0 bridgehead atoms. The highest BCUT2D eigenvalue weighted by molar-refractivity contribution is 5.87. The SMILES string of the molecule is CCOC(=O)C1CCN(c2ccc(C(=O)OCc3ccccc3)nc2)CC1. The Morgan fingerprint density at radius 2 is 1.81 bits per heavy atom. The van der Waals surface area contributed by atoms with Gasteiger partial charge in [-0.2, -0.15) is 0 Å². The minimum Gasteiger partial charge on any atom is -0.466 e. The number of carbonyl (C=O) groups excluding carboxylic acids is 2. The van der Waals surface area contributed by atoms with Gasteiger partial charge in [0.15, 0.2) is 0 Å². The van der Waals surface area contributed by atoms with Crippen LogP contribution in [0.2, 0.25) is 0 Å². The van der Waals surface area contributed by atoms with E-state index in [4.69, 9.17) is 9.47 Å². The minimum atomic E-state index is -0.438. The number of piperidine rings is 1. The average molecular weight is 368 g/mol. The molecule has 3 rings (SSSR count). The maximum atomic E-state index is 12.1. The third kappa shape index (κ3) is 5.06. The first-order chi connectivity index (χ1) is 13.2. The van der Waals surface area contributed by atoms with E-state index in [-0.39, 0.29) is 24.2 Å². The highest BCUT2D eigenvalue weighted by atomic mass is 16.5. The van der Waals surface area contributed by atoms with E-state index >= 15 is 0 Å². The first-order valence-corrected chi connectivity index (χ1v) is 9.26. The van der Waals surface area contributed by atoms with Crippen LogP contribution in [-0.4, -0.2) is 36.6 Å². The number of ether oxygens (including phenoxy) is 2. The second kappa shape index (κ2) is 9.16. The van der Waals surface area contributed by atoms with Crippen LogP contribution in [0.1, 0.15) is 35.8 Å².